The minimum absolute atomic E-state index is 0.0359. The van der Waals surface area contributed by atoms with Gasteiger partial charge in [-0.25, -0.2) is 4.98 Å². The third kappa shape index (κ3) is 2.78. The van der Waals surface area contributed by atoms with Gasteiger partial charge in [0, 0.05) is 50.1 Å². The van der Waals surface area contributed by atoms with Gasteiger partial charge in [-0.15, -0.1) is 0 Å². The Hall–Kier alpha value is -3.25. The average molecular weight is 434 g/mol. The molecule has 2 aliphatic heterocycles. The fraction of sp³-hybridized carbons (Fsp3) is 0.250. The number of hydrogen-bond donors (Lipinski definition) is 0. The Morgan fingerprint density at radius 3 is 2.81 bits per heavy atom. The Morgan fingerprint density at radius 2 is 1.97 bits per heavy atom. The largest absolute Gasteiger partial charge is 0.479 e. The molecule has 1 amide bonds. The number of oxazole rings is 1. The lowest BCUT2D eigenvalue weighted by Crippen LogP contribution is -2.50. The predicted molar refractivity (Wildman–Crippen MR) is 117 cm³/mol. The van der Waals surface area contributed by atoms with Gasteiger partial charge in [-0.3, -0.25) is 4.79 Å². The van der Waals surface area contributed by atoms with E-state index in [1.54, 1.807) is 13.0 Å². The summed E-state index contributed by atoms with van der Waals surface area (Å²) in [5, 5.41) is 0.646. The van der Waals surface area contributed by atoms with Crippen molar-refractivity contribution in [1.29, 1.82) is 0 Å². The van der Waals surface area contributed by atoms with Crippen molar-refractivity contribution in [1.82, 2.24) is 14.5 Å². The first kappa shape index (κ1) is 18.5. The lowest BCUT2D eigenvalue weighted by Gasteiger charge is -2.45. The summed E-state index contributed by atoms with van der Waals surface area (Å²) in [4.78, 5) is 19.5. The van der Waals surface area contributed by atoms with Crippen molar-refractivity contribution in [2.75, 3.05) is 13.1 Å². The summed E-state index contributed by atoms with van der Waals surface area (Å²) in [6.07, 6.45) is 3.44. The lowest BCUT2D eigenvalue weighted by molar-refractivity contribution is -0.00927. The fourth-order valence-electron chi connectivity index (χ4n) is 4.82. The average Bonchev–Trinajstić information content (AvgIpc) is 3.40. The number of piperidine rings is 1. The van der Waals surface area contributed by atoms with Crippen LogP contribution < -0.4 is 4.74 Å². The minimum Gasteiger partial charge on any atom is -0.479 e. The van der Waals surface area contributed by atoms with Gasteiger partial charge in [0.25, 0.3) is 5.91 Å². The highest BCUT2D eigenvalue weighted by Gasteiger charge is 2.44. The quantitative estimate of drug-likeness (QED) is 0.419. The number of hydrogen-bond acceptors (Lipinski definition) is 4. The molecule has 0 bridgehead atoms. The Kier molecular flexibility index (Phi) is 3.96. The van der Waals surface area contributed by atoms with Gasteiger partial charge in [-0.1, -0.05) is 17.7 Å². The zero-order chi connectivity index (χ0) is 21.2. The molecule has 1 saturated heterocycles. The number of nitrogens with zero attached hydrogens (tertiary/aromatic N) is 3. The molecular formula is C24H20ClN3O3. The van der Waals surface area contributed by atoms with Crippen LogP contribution in [-0.2, 0) is 5.60 Å². The molecule has 4 aromatic rings. The minimum atomic E-state index is -0.479. The second kappa shape index (κ2) is 6.62. The number of fused-ring (bicyclic) bond motifs is 5. The molecule has 0 aliphatic carbocycles. The molecule has 2 aromatic heterocycles. The van der Waals surface area contributed by atoms with Crippen LogP contribution in [-0.4, -0.2) is 33.4 Å². The standard InChI is InChI=1S/C24H20ClN3O3/c1-15-26-18-5-2-4-17(22(18)30-15)23(29)27-12-9-24(10-13-27)21-6-3-11-28(21)19-8-7-16(25)14-20(19)31-24/h2-8,11,14H,9-10,12-13H2,1H3. The summed E-state index contributed by atoms with van der Waals surface area (Å²) >= 11 is 6.23. The van der Waals surface area contributed by atoms with Gasteiger partial charge < -0.3 is 18.6 Å². The highest BCUT2D eigenvalue weighted by Crippen LogP contribution is 2.45. The van der Waals surface area contributed by atoms with Crippen molar-refractivity contribution in [3.05, 3.63) is 76.9 Å². The van der Waals surface area contributed by atoms with Gasteiger partial charge in [0.15, 0.2) is 17.1 Å². The molecule has 2 aromatic carbocycles. The van der Waals surface area contributed by atoms with E-state index in [-0.39, 0.29) is 5.91 Å². The van der Waals surface area contributed by atoms with Crippen molar-refractivity contribution in [3.8, 4) is 11.4 Å². The number of benzene rings is 2. The van der Waals surface area contributed by atoms with E-state index in [1.807, 2.05) is 41.3 Å². The topological polar surface area (TPSA) is 60.5 Å². The Morgan fingerprint density at radius 1 is 1.13 bits per heavy atom. The maximum Gasteiger partial charge on any atom is 0.257 e. The molecule has 156 valence electrons. The van der Waals surface area contributed by atoms with Gasteiger partial charge in [0.05, 0.1) is 16.9 Å². The molecule has 4 heterocycles. The normalized spacial score (nSPS) is 16.8. The third-order valence-corrected chi connectivity index (χ3v) is 6.55. The van der Waals surface area contributed by atoms with E-state index in [9.17, 15) is 4.79 Å². The van der Waals surface area contributed by atoms with E-state index in [4.69, 9.17) is 20.8 Å². The molecule has 1 spiro atoms. The van der Waals surface area contributed by atoms with Gasteiger partial charge in [0.1, 0.15) is 11.3 Å². The monoisotopic (exact) mass is 433 g/mol. The summed E-state index contributed by atoms with van der Waals surface area (Å²) in [6, 6.07) is 15.4. The molecule has 6 rings (SSSR count). The van der Waals surface area contributed by atoms with Crippen LogP contribution in [0.1, 0.15) is 34.8 Å². The van der Waals surface area contributed by atoms with E-state index in [2.05, 4.69) is 21.8 Å². The second-order valence-corrected chi connectivity index (χ2v) is 8.59. The van der Waals surface area contributed by atoms with Crippen LogP contribution in [0.5, 0.6) is 5.75 Å². The van der Waals surface area contributed by atoms with Crippen LogP contribution in [0.4, 0.5) is 0 Å². The second-order valence-electron chi connectivity index (χ2n) is 8.15. The number of rotatable bonds is 1. The van der Waals surface area contributed by atoms with Crippen LogP contribution in [0.25, 0.3) is 16.8 Å². The zero-order valence-electron chi connectivity index (χ0n) is 17.0. The van der Waals surface area contributed by atoms with Crippen molar-refractivity contribution in [2.24, 2.45) is 0 Å². The van der Waals surface area contributed by atoms with E-state index in [0.717, 1.165) is 17.1 Å². The van der Waals surface area contributed by atoms with E-state index in [1.165, 1.54) is 0 Å². The van der Waals surface area contributed by atoms with E-state index >= 15 is 0 Å². The van der Waals surface area contributed by atoms with Crippen molar-refractivity contribution in [3.63, 3.8) is 0 Å². The molecule has 0 N–H and O–H groups in total. The highest BCUT2D eigenvalue weighted by molar-refractivity contribution is 6.30. The van der Waals surface area contributed by atoms with Crippen LogP contribution in [0.3, 0.4) is 0 Å². The molecule has 6 nitrogen and oxygen atoms in total. The first-order valence-electron chi connectivity index (χ1n) is 10.4. The molecule has 0 radical (unpaired) electrons. The predicted octanol–water partition coefficient (Wildman–Crippen LogP) is 5.10. The van der Waals surface area contributed by atoms with Gasteiger partial charge in [0.2, 0.25) is 0 Å². The number of carbonyl (C=O) groups is 1. The third-order valence-electron chi connectivity index (χ3n) is 6.31. The van der Waals surface area contributed by atoms with E-state index in [0.29, 0.717) is 53.5 Å². The van der Waals surface area contributed by atoms with Crippen molar-refractivity contribution in [2.45, 2.75) is 25.4 Å². The number of likely N-dealkylation sites (tertiary alicyclic amines) is 1. The summed E-state index contributed by atoms with van der Waals surface area (Å²) in [5.41, 5.74) is 3.44. The van der Waals surface area contributed by atoms with Gasteiger partial charge >= 0.3 is 0 Å². The SMILES string of the molecule is Cc1nc2cccc(C(=O)N3CCC4(CC3)Oc3cc(Cl)ccc3-n3cccc34)c2o1. The Balaban J connectivity index is 1.30. The number of amides is 1. The molecule has 1 fully saturated rings. The maximum absolute atomic E-state index is 13.3. The molecule has 31 heavy (non-hydrogen) atoms. The van der Waals surface area contributed by atoms with Crippen molar-refractivity contribution < 1.29 is 13.9 Å². The maximum atomic E-state index is 13.3. The number of aromatic nitrogens is 2. The fourth-order valence-corrected chi connectivity index (χ4v) is 4.98. The number of aryl methyl sites for hydroxylation is 1. The molecule has 0 unspecified atom stereocenters. The first-order valence-corrected chi connectivity index (χ1v) is 10.7. The smallest absolute Gasteiger partial charge is 0.257 e. The van der Waals surface area contributed by atoms with Crippen molar-refractivity contribution >= 4 is 28.6 Å². The summed E-state index contributed by atoms with van der Waals surface area (Å²) < 4.78 is 14.4. The van der Waals surface area contributed by atoms with Crippen LogP contribution in [0, 0.1) is 6.92 Å². The number of ether oxygens (including phenoxy) is 1. The molecule has 2 aliphatic rings. The first-order chi connectivity index (χ1) is 15.0. The van der Waals surface area contributed by atoms with Gasteiger partial charge in [-0.2, -0.15) is 0 Å². The lowest BCUT2D eigenvalue weighted by atomic mass is 9.86. The van der Waals surface area contributed by atoms with Crippen LogP contribution in [0.15, 0.2) is 59.1 Å². The summed E-state index contributed by atoms with van der Waals surface area (Å²) in [5.74, 6) is 1.30. The molecule has 7 heteroatoms. The van der Waals surface area contributed by atoms with E-state index < -0.39 is 5.60 Å². The molecular weight excluding hydrogens is 414 g/mol. The molecule has 0 saturated carbocycles. The van der Waals surface area contributed by atoms with Crippen LogP contribution >= 0.6 is 11.6 Å². The Bertz CT molecular complexity index is 1330. The summed E-state index contributed by atoms with van der Waals surface area (Å²) in [6.45, 7) is 2.96. The number of halogens is 1. The zero-order valence-corrected chi connectivity index (χ0v) is 17.7. The summed E-state index contributed by atoms with van der Waals surface area (Å²) in [7, 11) is 0. The van der Waals surface area contributed by atoms with Gasteiger partial charge in [-0.05, 0) is 36.4 Å². The Labute approximate surface area is 184 Å². The molecule has 0 atom stereocenters. The van der Waals surface area contributed by atoms with Crippen LogP contribution in [0.2, 0.25) is 5.02 Å². The highest BCUT2D eigenvalue weighted by atomic mass is 35.5. The number of carbonyl (C=O) groups excluding carboxylic acids is 1. The number of para-hydroxylation sites is 1.